The third-order valence-corrected chi connectivity index (χ3v) is 10.4. The van der Waals surface area contributed by atoms with E-state index >= 15 is 0 Å². The van der Waals surface area contributed by atoms with Gasteiger partial charge in [0.25, 0.3) is 0 Å². The number of hydrogen-bond donors (Lipinski definition) is 0. The number of pyridine rings is 5. The van der Waals surface area contributed by atoms with Crippen LogP contribution in [0, 0.1) is 0 Å². The summed E-state index contributed by atoms with van der Waals surface area (Å²) < 4.78 is 22.3. The monoisotopic (exact) mass is 867 g/mol. The fraction of sp³-hybridized carbons (Fsp3) is 0.180. The summed E-state index contributed by atoms with van der Waals surface area (Å²) in [5.74, 6) is 3.64. The van der Waals surface area contributed by atoms with Gasteiger partial charge in [-0.1, -0.05) is 68.1 Å². The minimum atomic E-state index is 0. The first kappa shape index (κ1) is 43.3. The minimum Gasteiger partial charge on any atom is -0.456 e. The topological polar surface area (TPSA) is 140 Å². The van der Waals surface area contributed by atoms with Crippen LogP contribution in [0.25, 0.3) is 0 Å². The van der Waals surface area contributed by atoms with Gasteiger partial charge in [0, 0.05) is 77.0 Å². The number of nitrogens with zero attached hydrogens (tertiary/aromatic N) is 11. The van der Waals surface area contributed by atoms with Crippen molar-refractivity contribution >= 4 is 23.0 Å². The second-order valence-electron chi connectivity index (χ2n) is 14.7. The molecule has 0 aliphatic carbocycles. The third kappa shape index (κ3) is 11.2. The predicted octanol–water partition coefficient (Wildman–Crippen LogP) is 8.57. The summed E-state index contributed by atoms with van der Waals surface area (Å²) >= 11 is 0. The van der Waals surface area contributed by atoms with Crippen LogP contribution in [-0.4, -0.2) is 61.8 Å². The Morgan fingerprint density at radius 1 is 0.323 bits per heavy atom. The molecular formula is C50H49N11O4. The fourth-order valence-corrected chi connectivity index (χ4v) is 7.16. The molecule has 12 rings (SSSR count). The van der Waals surface area contributed by atoms with E-state index in [0.29, 0.717) is 38.8 Å². The van der Waals surface area contributed by atoms with Crippen molar-refractivity contribution in [3.8, 4) is 23.5 Å². The molecule has 4 aliphatic heterocycles. The minimum absolute atomic E-state index is 0. The second-order valence-corrected chi connectivity index (χ2v) is 14.7. The highest BCUT2D eigenvalue weighted by Crippen LogP contribution is 2.28. The van der Waals surface area contributed by atoms with E-state index in [1.165, 1.54) is 11.4 Å². The molecule has 0 N–H and O–H groups in total. The summed E-state index contributed by atoms with van der Waals surface area (Å²) in [6.07, 6.45) is 14.1. The first-order chi connectivity index (χ1) is 31.7. The lowest BCUT2D eigenvalue weighted by Crippen LogP contribution is -2.33. The van der Waals surface area contributed by atoms with E-state index in [2.05, 4.69) is 86.0 Å². The van der Waals surface area contributed by atoms with Crippen LogP contribution < -0.4 is 38.5 Å². The Hall–Kier alpha value is -8.33. The smallest absolute Gasteiger partial charge is 0.228 e. The van der Waals surface area contributed by atoms with Gasteiger partial charge >= 0.3 is 0 Å². The van der Waals surface area contributed by atoms with Crippen molar-refractivity contribution in [2.24, 2.45) is 0 Å². The maximum Gasteiger partial charge on any atom is 0.228 e. The van der Waals surface area contributed by atoms with E-state index < -0.39 is 0 Å². The summed E-state index contributed by atoms with van der Waals surface area (Å²) in [5.41, 5.74) is 7.86. The Labute approximate surface area is 378 Å². The number of benzene rings is 2. The van der Waals surface area contributed by atoms with Crippen molar-refractivity contribution in [3.05, 3.63) is 199 Å². The molecule has 8 aromatic rings. The molecule has 0 saturated heterocycles. The second kappa shape index (κ2) is 21.6. The van der Waals surface area contributed by atoms with Crippen LogP contribution in [0.4, 0.5) is 23.0 Å². The normalized spacial score (nSPS) is 13.9. The van der Waals surface area contributed by atoms with Gasteiger partial charge in [-0.3, -0.25) is 4.98 Å². The maximum absolute atomic E-state index is 5.61. The number of hydrogen-bond acceptors (Lipinski definition) is 15. The lowest BCUT2D eigenvalue weighted by atomic mass is 10.2. The van der Waals surface area contributed by atoms with E-state index in [0.717, 1.165) is 71.8 Å². The molecule has 4 aliphatic rings. The molecule has 15 heteroatoms. The van der Waals surface area contributed by atoms with Crippen LogP contribution in [0.5, 0.6) is 23.5 Å². The molecule has 0 bridgehead atoms. The number of aromatic nitrogens is 7. The van der Waals surface area contributed by atoms with Crippen LogP contribution in [0.15, 0.2) is 177 Å². The van der Waals surface area contributed by atoms with Gasteiger partial charge in [-0.2, -0.15) is 0 Å². The number of ether oxygens (including phenoxy) is 4. The Morgan fingerprint density at radius 3 is 1.06 bits per heavy atom. The summed E-state index contributed by atoms with van der Waals surface area (Å²) in [4.78, 5) is 37.7. The van der Waals surface area contributed by atoms with Gasteiger partial charge < -0.3 is 38.5 Å². The zero-order valence-corrected chi connectivity index (χ0v) is 35.0. The highest BCUT2D eigenvalue weighted by molar-refractivity contribution is 5.50. The molecule has 0 saturated carbocycles. The van der Waals surface area contributed by atoms with Crippen molar-refractivity contribution in [2.45, 2.75) is 33.6 Å². The van der Waals surface area contributed by atoms with Gasteiger partial charge in [-0.05, 0) is 66.7 Å². The lowest BCUT2D eigenvalue weighted by Gasteiger charge is -2.29. The van der Waals surface area contributed by atoms with E-state index in [1.54, 1.807) is 49.4 Å². The first-order valence-corrected chi connectivity index (χ1v) is 20.8. The molecule has 0 spiro atoms. The summed E-state index contributed by atoms with van der Waals surface area (Å²) in [7, 11) is 0. The molecule has 0 amide bonds. The average molecular weight is 868 g/mol. The van der Waals surface area contributed by atoms with Gasteiger partial charge in [0.1, 0.15) is 0 Å². The van der Waals surface area contributed by atoms with Crippen molar-refractivity contribution in [1.82, 2.24) is 34.9 Å². The molecular weight excluding hydrogens is 819 g/mol. The van der Waals surface area contributed by atoms with Crippen LogP contribution in [0.2, 0.25) is 0 Å². The molecule has 0 atom stereocenters. The molecule has 6 aromatic heterocycles. The Balaban J connectivity index is 0.000000118. The van der Waals surface area contributed by atoms with Crippen molar-refractivity contribution in [3.63, 3.8) is 0 Å². The van der Waals surface area contributed by atoms with Crippen molar-refractivity contribution < 1.29 is 18.9 Å². The SMILES string of the molecule is C.c1ccc(N2COc3ncccc3C2)cc1.c1ccc(N2COc3ncccc3C2)cc1.c1cnc(N2COc3ncccc3C2)nc1.c1cncc(N2COc3ncccc3C2)c1. The Morgan fingerprint density at radius 2 is 0.662 bits per heavy atom. The predicted molar refractivity (Wildman–Crippen MR) is 250 cm³/mol. The highest BCUT2D eigenvalue weighted by Gasteiger charge is 2.21. The standard InChI is InChI=1S/2C13H12N2O.C12H11N3O.C11H10N4O.CH4/c2*1-2-6-12(7-3-1)15-9-11-5-4-8-14-13(11)16-10-15;1-3-10-8-15(9-16-12(10)14-6-1)11-4-2-5-13-7-11;1-3-9-7-15(8-16-10(9)12-4-1)11-13-5-2-6-14-11;/h2*1-8H,9-10H2;1-7H,8-9H2;1-6H,7-8H2;1H4. The van der Waals surface area contributed by atoms with Gasteiger partial charge in [0.05, 0.1) is 38.1 Å². The molecule has 15 nitrogen and oxygen atoms in total. The van der Waals surface area contributed by atoms with Gasteiger partial charge in [-0.15, -0.1) is 0 Å². The van der Waals surface area contributed by atoms with Gasteiger partial charge in [0.15, 0.2) is 26.9 Å². The average Bonchev–Trinajstić information content (AvgIpc) is 3.39. The zero-order valence-electron chi connectivity index (χ0n) is 35.0. The van der Waals surface area contributed by atoms with Crippen molar-refractivity contribution in [2.75, 3.05) is 46.5 Å². The summed E-state index contributed by atoms with van der Waals surface area (Å²) in [6.45, 7) is 5.34. The third-order valence-electron chi connectivity index (χ3n) is 10.4. The molecule has 0 radical (unpaired) electrons. The summed E-state index contributed by atoms with van der Waals surface area (Å²) in [6, 6.07) is 42.1. The largest absolute Gasteiger partial charge is 0.456 e. The van der Waals surface area contributed by atoms with Crippen molar-refractivity contribution in [1.29, 1.82) is 0 Å². The van der Waals surface area contributed by atoms with E-state index in [9.17, 15) is 0 Å². The number of para-hydroxylation sites is 2. The highest BCUT2D eigenvalue weighted by atomic mass is 16.5. The number of anilines is 4. The number of fused-ring (bicyclic) bond motifs is 4. The lowest BCUT2D eigenvalue weighted by molar-refractivity contribution is 0.275. The Bertz CT molecular complexity index is 2320. The van der Waals surface area contributed by atoms with E-state index in [4.69, 9.17) is 18.9 Å². The Kier molecular flexibility index (Phi) is 14.4. The molecule has 328 valence electrons. The van der Waals surface area contributed by atoms with Crippen LogP contribution >= 0.6 is 0 Å². The molecule has 10 heterocycles. The quantitative estimate of drug-likeness (QED) is 0.167. The maximum atomic E-state index is 5.61. The fourth-order valence-electron chi connectivity index (χ4n) is 7.16. The molecule has 2 aromatic carbocycles. The van der Waals surface area contributed by atoms with E-state index in [1.807, 2.05) is 96.0 Å². The van der Waals surface area contributed by atoms with Crippen LogP contribution in [0.3, 0.4) is 0 Å². The first-order valence-electron chi connectivity index (χ1n) is 20.8. The molecule has 0 unspecified atom stereocenters. The van der Waals surface area contributed by atoms with Crippen LogP contribution in [0.1, 0.15) is 29.7 Å². The van der Waals surface area contributed by atoms with Crippen LogP contribution in [-0.2, 0) is 26.2 Å². The summed E-state index contributed by atoms with van der Waals surface area (Å²) in [5, 5.41) is 0. The van der Waals surface area contributed by atoms with Gasteiger partial charge in [0.2, 0.25) is 29.5 Å². The molecule has 0 fully saturated rings. The number of rotatable bonds is 4. The van der Waals surface area contributed by atoms with Gasteiger partial charge in [-0.25, -0.2) is 29.9 Å². The van der Waals surface area contributed by atoms with E-state index in [-0.39, 0.29) is 7.43 Å². The molecule has 65 heavy (non-hydrogen) atoms. The zero-order chi connectivity index (χ0) is 43.2.